The zero-order valence-electron chi connectivity index (χ0n) is 10.3. The van der Waals surface area contributed by atoms with Crippen LogP contribution in [0.25, 0.3) is 0 Å². The number of carboxylic acid groups (broad SMARTS) is 1. The largest absolute Gasteiger partial charge is 0.478 e. The van der Waals surface area contributed by atoms with E-state index in [4.69, 9.17) is 5.73 Å². The molecule has 17 heavy (non-hydrogen) atoms. The van der Waals surface area contributed by atoms with Crippen LogP contribution in [0.4, 0.5) is 0 Å². The van der Waals surface area contributed by atoms with Crippen molar-refractivity contribution in [3.63, 3.8) is 0 Å². The number of fused-ring (bicyclic) bond motifs is 1. The molecule has 0 aromatic heterocycles. The Balaban J connectivity index is 2.46. The molecule has 0 amide bonds. The monoisotopic (exact) mass is 237 g/mol. The molecule has 0 heterocycles. The van der Waals surface area contributed by atoms with Crippen molar-refractivity contribution in [3.8, 4) is 0 Å². The number of carbonyl (C=O) groups is 2. The summed E-state index contributed by atoms with van der Waals surface area (Å²) in [7, 11) is 0. The lowest BCUT2D eigenvalue weighted by molar-refractivity contribution is -0.134. The first kappa shape index (κ1) is 12.3. The van der Waals surface area contributed by atoms with Gasteiger partial charge in [0.2, 0.25) is 0 Å². The molecule has 2 aliphatic carbocycles. The van der Waals surface area contributed by atoms with Gasteiger partial charge in [-0.3, -0.25) is 4.79 Å². The fourth-order valence-corrected chi connectivity index (χ4v) is 3.29. The summed E-state index contributed by atoms with van der Waals surface area (Å²) >= 11 is 0. The first-order valence-electron chi connectivity index (χ1n) is 6.18. The molecule has 0 bridgehead atoms. The Morgan fingerprint density at radius 1 is 1.65 bits per heavy atom. The van der Waals surface area contributed by atoms with E-state index in [-0.39, 0.29) is 29.1 Å². The Morgan fingerprint density at radius 3 is 2.82 bits per heavy atom. The smallest absolute Gasteiger partial charge is 0.333 e. The summed E-state index contributed by atoms with van der Waals surface area (Å²) in [6.07, 6.45) is 3.78. The number of ketones is 1. The SMILES string of the molecule is CC[C@H]1C=C(C(=O)O)C2(N)CC(C)C(=O)C2C1. The van der Waals surface area contributed by atoms with E-state index in [9.17, 15) is 14.7 Å². The van der Waals surface area contributed by atoms with Gasteiger partial charge in [-0.1, -0.05) is 19.9 Å². The second-order valence-electron chi connectivity index (χ2n) is 5.39. The highest BCUT2D eigenvalue weighted by Gasteiger charge is 2.55. The summed E-state index contributed by atoms with van der Waals surface area (Å²) in [5.41, 5.74) is 5.55. The maximum atomic E-state index is 12.1. The molecule has 1 fully saturated rings. The highest BCUT2D eigenvalue weighted by molar-refractivity contribution is 5.96. The van der Waals surface area contributed by atoms with Gasteiger partial charge in [0.25, 0.3) is 0 Å². The zero-order chi connectivity index (χ0) is 12.8. The number of nitrogens with two attached hydrogens (primary N) is 1. The average Bonchev–Trinajstić information content (AvgIpc) is 2.48. The second-order valence-corrected chi connectivity index (χ2v) is 5.39. The lowest BCUT2D eigenvalue weighted by Crippen LogP contribution is -2.51. The van der Waals surface area contributed by atoms with Gasteiger partial charge in [0.1, 0.15) is 5.78 Å². The quantitative estimate of drug-likeness (QED) is 0.759. The predicted molar refractivity (Wildman–Crippen MR) is 63.3 cm³/mol. The van der Waals surface area contributed by atoms with Crippen LogP contribution in [-0.2, 0) is 9.59 Å². The molecule has 94 valence electrons. The van der Waals surface area contributed by atoms with Gasteiger partial charge in [-0.2, -0.15) is 0 Å². The van der Waals surface area contributed by atoms with Gasteiger partial charge in [-0.05, 0) is 25.2 Å². The molecule has 0 saturated heterocycles. The summed E-state index contributed by atoms with van der Waals surface area (Å²) in [5, 5.41) is 9.28. The van der Waals surface area contributed by atoms with Crippen LogP contribution in [0.3, 0.4) is 0 Å². The number of hydrogen-bond acceptors (Lipinski definition) is 3. The van der Waals surface area contributed by atoms with Crippen LogP contribution >= 0.6 is 0 Å². The van der Waals surface area contributed by atoms with Crippen LogP contribution in [0.15, 0.2) is 11.6 Å². The standard InChI is InChI=1S/C13H19NO3/c1-3-8-4-9-11(15)7(2)6-13(9,14)10(5-8)12(16)17/h5,7-9H,3-4,6,14H2,1-2H3,(H,16,17)/t7?,8-,9?,13?/m1/s1. The van der Waals surface area contributed by atoms with Crippen LogP contribution < -0.4 is 5.73 Å². The van der Waals surface area contributed by atoms with Crippen LogP contribution in [0, 0.1) is 17.8 Å². The van der Waals surface area contributed by atoms with Crippen molar-refractivity contribution < 1.29 is 14.7 Å². The third-order valence-electron chi connectivity index (χ3n) is 4.29. The summed E-state index contributed by atoms with van der Waals surface area (Å²) in [6.45, 7) is 3.85. The van der Waals surface area contributed by atoms with Gasteiger partial charge in [0.15, 0.2) is 0 Å². The Kier molecular flexibility index (Phi) is 2.86. The fraction of sp³-hybridized carbons (Fsp3) is 0.692. The van der Waals surface area contributed by atoms with Crippen LogP contribution in [0.2, 0.25) is 0 Å². The Hall–Kier alpha value is -1.16. The fourth-order valence-electron chi connectivity index (χ4n) is 3.29. The Morgan fingerprint density at radius 2 is 2.29 bits per heavy atom. The number of hydrogen-bond donors (Lipinski definition) is 2. The maximum Gasteiger partial charge on any atom is 0.333 e. The molecular formula is C13H19NO3. The number of carboxylic acids is 1. The lowest BCUT2D eigenvalue weighted by atomic mass is 9.70. The molecule has 2 rings (SSSR count). The maximum absolute atomic E-state index is 12.1. The first-order chi connectivity index (χ1) is 7.90. The summed E-state index contributed by atoms with van der Waals surface area (Å²) < 4.78 is 0. The van der Waals surface area contributed by atoms with Gasteiger partial charge >= 0.3 is 5.97 Å². The van der Waals surface area contributed by atoms with Gasteiger partial charge < -0.3 is 10.8 Å². The molecule has 0 radical (unpaired) electrons. The van der Waals surface area contributed by atoms with E-state index < -0.39 is 11.5 Å². The lowest BCUT2D eigenvalue weighted by Gasteiger charge is -2.37. The van der Waals surface area contributed by atoms with Gasteiger partial charge in [0.05, 0.1) is 11.1 Å². The summed E-state index contributed by atoms with van der Waals surface area (Å²) in [6, 6.07) is 0. The number of aliphatic carboxylic acids is 1. The molecule has 3 N–H and O–H groups in total. The van der Waals surface area contributed by atoms with Gasteiger partial charge in [-0.25, -0.2) is 4.79 Å². The minimum atomic E-state index is -0.974. The molecule has 4 heteroatoms. The zero-order valence-corrected chi connectivity index (χ0v) is 10.3. The van der Waals surface area contributed by atoms with Gasteiger partial charge in [0, 0.05) is 11.8 Å². The predicted octanol–water partition coefficient (Wildman–Crippen LogP) is 1.35. The Bertz CT molecular complexity index is 401. The molecule has 2 aliphatic rings. The van der Waals surface area contributed by atoms with Gasteiger partial charge in [-0.15, -0.1) is 0 Å². The van der Waals surface area contributed by atoms with E-state index in [1.807, 2.05) is 13.8 Å². The Labute approximate surface area is 101 Å². The molecule has 1 saturated carbocycles. The van der Waals surface area contributed by atoms with Crippen molar-refractivity contribution in [1.29, 1.82) is 0 Å². The number of Topliss-reactive ketones (excluding diaryl/α,β-unsaturated/α-hetero) is 1. The molecule has 0 aromatic carbocycles. The molecule has 3 unspecified atom stereocenters. The van der Waals surface area contributed by atoms with Crippen molar-refractivity contribution in [1.82, 2.24) is 0 Å². The number of allylic oxidation sites excluding steroid dienone is 1. The first-order valence-corrected chi connectivity index (χ1v) is 6.18. The summed E-state index contributed by atoms with van der Waals surface area (Å²) in [5.74, 6) is -1.10. The molecule has 0 aromatic rings. The van der Waals surface area contributed by atoms with Crippen molar-refractivity contribution in [2.45, 2.75) is 38.6 Å². The molecular weight excluding hydrogens is 218 g/mol. The third kappa shape index (κ3) is 1.71. The van der Waals surface area contributed by atoms with Crippen molar-refractivity contribution >= 4 is 11.8 Å². The van der Waals surface area contributed by atoms with Crippen LogP contribution in [0.1, 0.15) is 33.1 Å². The van der Waals surface area contributed by atoms with E-state index in [2.05, 4.69) is 0 Å². The minimum absolute atomic E-state index is 0.122. The van der Waals surface area contributed by atoms with E-state index >= 15 is 0 Å². The topological polar surface area (TPSA) is 80.4 Å². The average molecular weight is 237 g/mol. The normalized spacial score (nSPS) is 41.0. The van der Waals surface area contributed by atoms with E-state index in [1.165, 1.54) is 0 Å². The minimum Gasteiger partial charge on any atom is -0.478 e. The highest BCUT2D eigenvalue weighted by atomic mass is 16.4. The van der Waals surface area contributed by atoms with E-state index in [0.29, 0.717) is 12.8 Å². The third-order valence-corrected chi connectivity index (χ3v) is 4.29. The molecule has 4 nitrogen and oxygen atoms in total. The molecule has 4 atom stereocenters. The molecule has 0 aliphatic heterocycles. The van der Waals surface area contributed by atoms with Crippen LogP contribution in [0.5, 0.6) is 0 Å². The highest BCUT2D eigenvalue weighted by Crippen LogP contribution is 2.47. The van der Waals surface area contributed by atoms with Crippen LogP contribution in [-0.4, -0.2) is 22.4 Å². The molecule has 0 spiro atoms. The second kappa shape index (κ2) is 3.95. The van der Waals surface area contributed by atoms with Crippen molar-refractivity contribution in [3.05, 3.63) is 11.6 Å². The van der Waals surface area contributed by atoms with E-state index in [1.54, 1.807) is 6.08 Å². The van der Waals surface area contributed by atoms with Crippen molar-refractivity contribution in [2.75, 3.05) is 0 Å². The van der Waals surface area contributed by atoms with Crippen molar-refractivity contribution in [2.24, 2.45) is 23.5 Å². The summed E-state index contributed by atoms with van der Waals surface area (Å²) in [4.78, 5) is 23.4. The number of rotatable bonds is 2. The number of carbonyl (C=O) groups excluding carboxylic acids is 1. The van der Waals surface area contributed by atoms with E-state index in [0.717, 1.165) is 6.42 Å².